The largest absolute Gasteiger partial charge is 0.496 e. The van der Waals surface area contributed by atoms with E-state index in [-0.39, 0.29) is 22.9 Å². The number of methoxy groups -OCH3 is 2. The third-order valence-electron chi connectivity index (χ3n) is 5.51. The molecule has 8 heteroatoms. The van der Waals surface area contributed by atoms with Gasteiger partial charge in [0.05, 0.1) is 20.8 Å². The van der Waals surface area contributed by atoms with Crippen molar-refractivity contribution in [1.29, 1.82) is 0 Å². The second kappa shape index (κ2) is 11.9. The molecule has 0 spiro atoms. The number of rotatable bonds is 10. The van der Waals surface area contributed by atoms with Gasteiger partial charge in [-0.3, -0.25) is 0 Å². The van der Waals surface area contributed by atoms with Gasteiger partial charge in [-0.1, -0.05) is 31.5 Å². The molecular weight excluding hydrogens is 474 g/mol. The molecule has 1 heterocycles. The van der Waals surface area contributed by atoms with Crippen molar-refractivity contribution in [2.75, 3.05) is 20.8 Å². The van der Waals surface area contributed by atoms with Crippen LogP contribution in [-0.4, -0.2) is 38.7 Å². The number of carbonyl (C=O) groups excluding carboxylic acids is 2. The molecule has 0 amide bonds. The van der Waals surface area contributed by atoms with Crippen molar-refractivity contribution in [2.45, 2.75) is 19.8 Å². The predicted molar refractivity (Wildman–Crippen MR) is 138 cm³/mol. The van der Waals surface area contributed by atoms with E-state index < -0.39 is 11.9 Å². The average molecular weight is 502 g/mol. The summed E-state index contributed by atoms with van der Waals surface area (Å²) < 4.78 is 27.2. The molecule has 3 aromatic rings. The molecular formula is C29H27NO7. The second-order valence-electron chi connectivity index (χ2n) is 8.06. The van der Waals surface area contributed by atoms with Gasteiger partial charge in [-0.25, -0.2) is 14.6 Å². The molecule has 0 atom stereocenters. The molecule has 0 saturated carbocycles. The van der Waals surface area contributed by atoms with E-state index in [0.717, 1.165) is 18.6 Å². The van der Waals surface area contributed by atoms with Crippen LogP contribution in [-0.2, 0) is 9.53 Å². The maximum atomic E-state index is 12.7. The first-order valence-electron chi connectivity index (χ1n) is 11.8. The molecule has 1 aliphatic rings. The number of benzene rings is 3. The number of carbonyl (C=O) groups is 2. The summed E-state index contributed by atoms with van der Waals surface area (Å²) in [6.45, 7) is 2.76. The van der Waals surface area contributed by atoms with E-state index in [1.54, 1.807) is 60.7 Å². The van der Waals surface area contributed by atoms with E-state index in [0.29, 0.717) is 29.2 Å². The van der Waals surface area contributed by atoms with Gasteiger partial charge in [0.25, 0.3) is 0 Å². The van der Waals surface area contributed by atoms with Gasteiger partial charge in [0.15, 0.2) is 17.2 Å². The third kappa shape index (κ3) is 6.16. The summed E-state index contributed by atoms with van der Waals surface area (Å²) in [5.41, 5.74) is 1.70. The highest BCUT2D eigenvalue weighted by atomic mass is 16.6. The Bertz CT molecular complexity index is 1340. The first kappa shape index (κ1) is 25.5. The van der Waals surface area contributed by atoms with Crippen molar-refractivity contribution in [3.05, 3.63) is 89.1 Å². The number of para-hydroxylation sites is 1. The summed E-state index contributed by atoms with van der Waals surface area (Å²) in [5, 5.41) is 0. The minimum atomic E-state index is -0.586. The van der Waals surface area contributed by atoms with E-state index in [1.165, 1.54) is 14.2 Å². The molecule has 0 bridgehead atoms. The maximum Gasteiger partial charge on any atom is 0.363 e. The van der Waals surface area contributed by atoms with Gasteiger partial charge >= 0.3 is 11.9 Å². The average Bonchev–Trinajstić information content (AvgIpc) is 3.29. The molecule has 1 aliphatic heterocycles. The van der Waals surface area contributed by atoms with Gasteiger partial charge in [0.2, 0.25) is 5.90 Å². The van der Waals surface area contributed by atoms with Gasteiger partial charge in [-0.05, 0) is 66.6 Å². The van der Waals surface area contributed by atoms with Crippen molar-refractivity contribution in [2.24, 2.45) is 4.99 Å². The lowest BCUT2D eigenvalue weighted by atomic mass is 10.1. The van der Waals surface area contributed by atoms with Gasteiger partial charge < -0.3 is 23.7 Å². The molecule has 4 rings (SSSR count). The Balaban J connectivity index is 1.50. The van der Waals surface area contributed by atoms with Crippen molar-refractivity contribution < 1.29 is 33.3 Å². The summed E-state index contributed by atoms with van der Waals surface area (Å²) in [6, 6.07) is 18.9. The van der Waals surface area contributed by atoms with E-state index in [2.05, 4.69) is 11.9 Å². The Labute approximate surface area is 215 Å². The Morgan fingerprint density at radius 2 is 1.70 bits per heavy atom. The van der Waals surface area contributed by atoms with Crippen molar-refractivity contribution in [1.82, 2.24) is 0 Å². The number of nitrogens with zero attached hydrogens (tertiary/aromatic N) is 1. The molecule has 0 radical (unpaired) electrons. The number of ether oxygens (including phenoxy) is 5. The van der Waals surface area contributed by atoms with Gasteiger partial charge in [0.1, 0.15) is 17.1 Å². The normalized spacial score (nSPS) is 13.6. The summed E-state index contributed by atoms with van der Waals surface area (Å²) >= 11 is 0. The highest BCUT2D eigenvalue weighted by Gasteiger charge is 2.24. The van der Waals surface area contributed by atoms with Crippen LogP contribution in [0.5, 0.6) is 23.0 Å². The third-order valence-corrected chi connectivity index (χ3v) is 5.51. The number of aliphatic imine (C=N–C) groups is 1. The van der Waals surface area contributed by atoms with Crippen LogP contribution in [0.2, 0.25) is 0 Å². The van der Waals surface area contributed by atoms with Gasteiger partial charge in [0, 0.05) is 5.56 Å². The maximum absolute atomic E-state index is 12.7. The Kier molecular flexibility index (Phi) is 8.20. The van der Waals surface area contributed by atoms with Gasteiger partial charge in [-0.2, -0.15) is 0 Å². The molecule has 190 valence electrons. The zero-order valence-corrected chi connectivity index (χ0v) is 20.9. The molecule has 3 aromatic carbocycles. The lowest BCUT2D eigenvalue weighted by molar-refractivity contribution is -0.129. The Morgan fingerprint density at radius 1 is 0.946 bits per heavy atom. The monoisotopic (exact) mass is 501 g/mol. The quantitative estimate of drug-likeness (QED) is 0.158. The minimum absolute atomic E-state index is 0.138. The minimum Gasteiger partial charge on any atom is -0.496 e. The molecule has 8 nitrogen and oxygen atoms in total. The molecule has 0 unspecified atom stereocenters. The summed E-state index contributed by atoms with van der Waals surface area (Å²) in [5.74, 6) is 0.745. The lowest BCUT2D eigenvalue weighted by Gasteiger charge is -2.11. The zero-order chi connectivity index (χ0) is 26.2. The van der Waals surface area contributed by atoms with Crippen molar-refractivity contribution in [3.63, 3.8) is 0 Å². The number of hydrogen-bond acceptors (Lipinski definition) is 8. The lowest BCUT2D eigenvalue weighted by Crippen LogP contribution is -2.10. The van der Waals surface area contributed by atoms with Crippen LogP contribution in [0.3, 0.4) is 0 Å². The molecule has 0 saturated heterocycles. The highest BCUT2D eigenvalue weighted by molar-refractivity contribution is 6.12. The summed E-state index contributed by atoms with van der Waals surface area (Å²) in [7, 11) is 2.94. The summed E-state index contributed by atoms with van der Waals surface area (Å²) in [6.07, 6.45) is 3.62. The zero-order valence-electron chi connectivity index (χ0n) is 20.9. The molecule has 0 N–H and O–H groups in total. The smallest absolute Gasteiger partial charge is 0.363 e. The fourth-order valence-corrected chi connectivity index (χ4v) is 3.54. The number of esters is 2. The predicted octanol–water partition coefficient (Wildman–Crippen LogP) is 5.45. The molecule has 0 aliphatic carbocycles. The van der Waals surface area contributed by atoms with E-state index in [9.17, 15) is 9.59 Å². The first-order valence-corrected chi connectivity index (χ1v) is 11.8. The SMILES string of the molecule is CCCCOc1ccc(C2=NC(=Cc3ccc(OC(=O)c4ccccc4OC)c(OC)c3)C(=O)O2)cc1. The van der Waals surface area contributed by atoms with Gasteiger partial charge in [-0.15, -0.1) is 0 Å². The van der Waals surface area contributed by atoms with Crippen LogP contribution in [0.15, 0.2) is 77.4 Å². The number of hydrogen-bond donors (Lipinski definition) is 0. The molecule has 0 aromatic heterocycles. The molecule has 37 heavy (non-hydrogen) atoms. The number of unbranched alkanes of at least 4 members (excludes halogenated alkanes) is 1. The van der Waals surface area contributed by atoms with E-state index >= 15 is 0 Å². The highest BCUT2D eigenvalue weighted by Crippen LogP contribution is 2.31. The molecule has 0 fully saturated rings. The Hall–Kier alpha value is -4.59. The topological polar surface area (TPSA) is 92.7 Å². The standard InChI is InChI=1S/C29H27NO7/c1-4-5-16-35-21-13-11-20(12-14-21)27-30-23(29(32)37-27)17-19-10-15-25(26(18-19)34-3)36-28(31)22-8-6-7-9-24(22)33-2/h6-15,17-18H,4-5,16H2,1-3H3. The van der Waals surface area contributed by atoms with Crippen LogP contribution in [0.25, 0.3) is 6.08 Å². The van der Waals surface area contributed by atoms with Crippen LogP contribution >= 0.6 is 0 Å². The Morgan fingerprint density at radius 3 is 2.43 bits per heavy atom. The second-order valence-corrected chi connectivity index (χ2v) is 8.06. The fourth-order valence-electron chi connectivity index (χ4n) is 3.54. The summed E-state index contributed by atoms with van der Waals surface area (Å²) in [4.78, 5) is 29.5. The van der Waals surface area contributed by atoms with Crippen LogP contribution in [0, 0.1) is 0 Å². The van der Waals surface area contributed by atoms with Crippen LogP contribution in [0.1, 0.15) is 41.3 Å². The van der Waals surface area contributed by atoms with E-state index in [4.69, 9.17) is 23.7 Å². The first-order chi connectivity index (χ1) is 18.0. The van der Waals surface area contributed by atoms with Crippen LogP contribution in [0.4, 0.5) is 0 Å². The van der Waals surface area contributed by atoms with Crippen molar-refractivity contribution >= 4 is 23.9 Å². The van der Waals surface area contributed by atoms with Crippen molar-refractivity contribution in [3.8, 4) is 23.0 Å². The van der Waals surface area contributed by atoms with E-state index in [1.807, 2.05) is 12.1 Å². The fraction of sp³-hybridized carbons (Fsp3) is 0.207. The van der Waals surface area contributed by atoms with Crippen LogP contribution < -0.4 is 18.9 Å². The number of cyclic esters (lactones) is 1.